The van der Waals surface area contributed by atoms with Crippen molar-refractivity contribution in [1.82, 2.24) is 5.32 Å². The molecule has 0 aromatic carbocycles. The standard InChI is InChI=1S/C8H9NO3/c1-2-3-6(10)9-8(4-5-8)7(11)12/h4-5H2,1H3,(H,9,10)(H,11,12). The number of carbonyl (C=O) groups excluding carboxylic acids is 1. The molecule has 1 rings (SSSR count). The van der Waals surface area contributed by atoms with Crippen LogP contribution in [0.2, 0.25) is 0 Å². The second-order valence-corrected chi connectivity index (χ2v) is 2.72. The summed E-state index contributed by atoms with van der Waals surface area (Å²) in [4.78, 5) is 21.4. The Morgan fingerprint density at radius 1 is 1.50 bits per heavy atom. The maximum Gasteiger partial charge on any atom is 0.329 e. The summed E-state index contributed by atoms with van der Waals surface area (Å²) in [6.45, 7) is 1.53. The molecule has 1 aliphatic rings. The van der Waals surface area contributed by atoms with Crippen molar-refractivity contribution in [2.24, 2.45) is 0 Å². The third kappa shape index (κ3) is 1.56. The first-order valence-corrected chi connectivity index (χ1v) is 3.59. The molecule has 12 heavy (non-hydrogen) atoms. The average molecular weight is 167 g/mol. The topological polar surface area (TPSA) is 66.4 Å². The quantitative estimate of drug-likeness (QED) is 0.557. The lowest BCUT2D eigenvalue weighted by molar-refractivity contribution is -0.142. The molecular weight excluding hydrogens is 158 g/mol. The number of carboxylic acids is 1. The summed E-state index contributed by atoms with van der Waals surface area (Å²) in [6, 6.07) is 0. The van der Waals surface area contributed by atoms with Crippen LogP contribution in [0.5, 0.6) is 0 Å². The number of amides is 1. The Morgan fingerprint density at radius 2 is 2.08 bits per heavy atom. The Balaban J connectivity index is 2.55. The van der Waals surface area contributed by atoms with Gasteiger partial charge in [-0.15, -0.1) is 0 Å². The molecule has 64 valence electrons. The van der Waals surface area contributed by atoms with Crippen LogP contribution in [0.25, 0.3) is 0 Å². The fourth-order valence-electron chi connectivity index (χ4n) is 0.879. The first-order valence-electron chi connectivity index (χ1n) is 3.59. The van der Waals surface area contributed by atoms with E-state index in [9.17, 15) is 9.59 Å². The molecule has 0 radical (unpaired) electrons. The van der Waals surface area contributed by atoms with Crippen LogP contribution >= 0.6 is 0 Å². The summed E-state index contributed by atoms with van der Waals surface area (Å²) in [5, 5.41) is 11.0. The lowest BCUT2D eigenvalue weighted by Gasteiger charge is -2.08. The zero-order valence-corrected chi connectivity index (χ0v) is 6.68. The summed E-state index contributed by atoms with van der Waals surface area (Å²) < 4.78 is 0. The molecule has 1 amide bonds. The lowest BCUT2D eigenvalue weighted by Crippen LogP contribution is -2.42. The van der Waals surface area contributed by atoms with E-state index >= 15 is 0 Å². The van der Waals surface area contributed by atoms with Crippen LogP contribution in [0.1, 0.15) is 19.8 Å². The highest BCUT2D eigenvalue weighted by Gasteiger charge is 2.51. The molecule has 0 unspecified atom stereocenters. The summed E-state index contributed by atoms with van der Waals surface area (Å²) >= 11 is 0. The molecular formula is C8H9NO3. The van der Waals surface area contributed by atoms with Crippen molar-refractivity contribution in [3.63, 3.8) is 0 Å². The molecule has 2 N–H and O–H groups in total. The van der Waals surface area contributed by atoms with E-state index in [0.29, 0.717) is 12.8 Å². The number of rotatable bonds is 2. The molecule has 0 spiro atoms. The molecule has 0 aromatic heterocycles. The van der Waals surface area contributed by atoms with Gasteiger partial charge >= 0.3 is 5.97 Å². The zero-order chi connectivity index (χ0) is 9.19. The van der Waals surface area contributed by atoms with E-state index < -0.39 is 17.4 Å². The summed E-state index contributed by atoms with van der Waals surface area (Å²) in [7, 11) is 0. The Morgan fingerprint density at radius 3 is 2.42 bits per heavy atom. The molecule has 0 heterocycles. The van der Waals surface area contributed by atoms with Gasteiger partial charge < -0.3 is 10.4 Å². The molecule has 0 saturated heterocycles. The minimum absolute atomic E-state index is 0.499. The average Bonchev–Trinajstić information content (AvgIpc) is 2.69. The molecule has 0 bridgehead atoms. The maximum absolute atomic E-state index is 10.9. The number of hydrogen-bond acceptors (Lipinski definition) is 2. The summed E-state index contributed by atoms with van der Waals surface area (Å²) in [6.07, 6.45) is 0.999. The SMILES string of the molecule is CC#CC(=O)NC1(C(=O)O)CC1. The van der Waals surface area contributed by atoms with Crippen LogP contribution in [0.4, 0.5) is 0 Å². The van der Waals surface area contributed by atoms with Gasteiger partial charge in [0.05, 0.1) is 0 Å². The predicted octanol–water partition coefficient (Wildman–Crippen LogP) is -0.257. The minimum atomic E-state index is -1.01. The lowest BCUT2D eigenvalue weighted by atomic mass is 10.3. The van der Waals surface area contributed by atoms with E-state index in [4.69, 9.17) is 5.11 Å². The number of nitrogens with one attached hydrogen (secondary N) is 1. The molecule has 4 heteroatoms. The molecule has 1 aliphatic carbocycles. The van der Waals surface area contributed by atoms with Gasteiger partial charge in [0.2, 0.25) is 0 Å². The molecule has 1 saturated carbocycles. The monoisotopic (exact) mass is 167 g/mol. The third-order valence-electron chi connectivity index (χ3n) is 1.75. The minimum Gasteiger partial charge on any atom is -0.480 e. The van der Waals surface area contributed by atoms with Gasteiger partial charge in [-0.3, -0.25) is 4.79 Å². The maximum atomic E-state index is 10.9. The van der Waals surface area contributed by atoms with Crippen molar-refractivity contribution in [2.75, 3.05) is 0 Å². The first-order chi connectivity index (χ1) is 5.60. The summed E-state index contributed by atoms with van der Waals surface area (Å²) in [5.74, 6) is 3.14. The largest absolute Gasteiger partial charge is 0.480 e. The van der Waals surface area contributed by atoms with Gasteiger partial charge in [0.1, 0.15) is 5.54 Å². The zero-order valence-electron chi connectivity index (χ0n) is 6.68. The molecule has 1 fully saturated rings. The van der Waals surface area contributed by atoms with E-state index in [-0.39, 0.29) is 0 Å². The smallest absolute Gasteiger partial charge is 0.329 e. The van der Waals surface area contributed by atoms with Gasteiger partial charge in [-0.25, -0.2) is 4.79 Å². The van der Waals surface area contributed by atoms with E-state index in [2.05, 4.69) is 17.2 Å². The molecule has 0 aromatic rings. The fourth-order valence-corrected chi connectivity index (χ4v) is 0.879. The Kier molecular flexibility index (Phi) is 2.05. The van der Waals surface area contributed by atoms with Gasteiger partial charge in [0.15, 0.2) is 0 Å². The van der Waals surface area contributed by atoms with Gasteiger partial charge in [0.25, 0.3) is 5.91 Å². The van der Waals surface area contributed by atoms with Crippen molar-refractivity contribution in [3.05, 3.63) is 0 Å². The Labute approximate surface area is 70.0 Å². The number of aliphatic carboxylic acids is 1. The highest BCUT2D eigenvalue weighted by atomic mass is 16.4. The molecule has 0 aliphatic heterocycles. The predicted molar refractivity (Wildman–Crippen MR) is 41.2 cm³/mol. The van der Waals surface area contributed by atoms with Crippen molar-refractivity contribution in [1.29, 1.82) is 0 Å². The van der Waals surface area contributed by atoms with Crippen molar-refractivity contribution in [3.8, 4) is 11.8 Å². The van der Waals surface area contributed by atoms with Gasteiger partial charge in [-0.2, -0.15) is 0 Å². The molecule has 4 nitrogen and oxygen atoms in total. The highest BCUT2D eigenvalue weighted by Crippen LogP contribution is 2.35. The van der Waals surface area contributed by atoms with Crippen LogP contribution in [-0.2, 0) is 9.59 Å². The van der Waals surface area contributed by atoms with Gasteiger partial charge in [-0.1, -0.05) is 5.92 Å². The number of carbonyl (C=O) groups is 2. The second kappa shape index (κ2) is 2.86. The Bertz CT molecular complexity index is 280. The van der Waals surface area contributed by atoms with Crippen LogP contribution in [0, 0.1) is 11.8 Å². The van der Waals surface area contributed by atoms with Gasteiger partial charge in [0, 0.05) is 0 Å². The van der Waals surface area contributed by atoms with Crippen LogP contribution in [-0.4, -0.2) is 22.5 Å². The normalized spacial score (nSPS) is 17.1. The van der Waals surface area contributed by atoms with Crippen molar-refractivity contribution in [2.45, 2.75) is 25.3 Å². The van der Waals surface area contributed by atoms with E-state index in [1.54, 1.807) is 0 Å². The first kappa shape index (κ1) is 8.60. The number of carboxylic acid groups (broad SMARTS) is 1. The van der Waals surface area contributed by atoms with Crippen molar-refractivity contribution < 1.29 is 14.7 Å². The van der Waals surface area contributed by atoms with Crippen LogP contribution in [0.3, 0.4) is 0 Å². The molecule has 0 atom stereocenters. The van der Waals surface area contributed by atoms with E-state index in [0.717, 1.165) is 0 Å². The third-order valence-corrected chi connectivity index (χ3v) is 1.75. The van der Waals surface area contributed by atoms with E-state index in [1.165, 1.54) is 6.92 Å². The second-order valence-electron chi connectivity index (χ2n) is 2.72. The van der Waals surface area contributed by atoms with Gasteiger partial charge in [-0.05, 0) is 25.7 Å². The number of hydrogen-bond donors (Lipinski definition) is 2. The summed E-state index contributed by atoms with van der Waals surface area (Å²) in [5.41, 5.74) is -1.01. The van der Waals surface area contributed by atoms with Crippen LogP contribution in [0.15, 0.2) is 0 Å². The van der Waals surface area contributed by atoms with E-state index in [1.807, 2.05) is 0 Å². The highest BCUT2D eigenvalue weighted by molar-refractivity contribution is 5.98. The fraction of sp³-hybridized carbons (Fsp3) is 0.500. The Hall–Kier alpha value is -1.50. The van der Waals surface area contributed by atoms with Crippen molar-refractivity contribution >= 4 is 11.9 Å². The van der Waals surface area contributed by atoms with Crippen LogP contribution < -0.4 is 5.32 Å².